The fraction of sp³-hybridized carbons (Fsp3) is 0.167. The Hall–Kier alpha value is -3.40. The Morgan fingerprint density at radius 1 is 1.18 bits per heavy atom. The molecule has 1 aromatic heterocycles. The Labute approximate surface area is 156 Å². The van der Waals surface area contributed by atoms with E-state index in [1.54, 1.807) is 37.3 Å². The molecule has 0 saturated heterocycles. The Morgan fingerprint density at radius 2 is 1.86 bits per heavy atom. The van der Waals surface area contributed by atoms with Crippen LogP contribution in [0.1, 0.15) is 18.8 Å². The molecule has 0 unspecified atom stereocenters. The highest BCUT2D eigenvalue weighted by Crippen LogP contribution is 2.26. The van der Waals surface area contributed by atoms with Crippen molar-refractivity contribution < 1.29 is 22.7 Å². The maximum absolute atomic E-state index is 13.0. The number of anilines is 1. The van der Waals surface area contributed by atoms with E-state index in [2.05, 4.69) is 15.1 Å². The van der Waals surface area contributed by atoms with Crippen molar-refractivity contribution in [2.75, 3.05) is 5.43 Å². The van der Waals surface area contributed by atoms with Crippen LogP contribution in [0.4, 0.5) is 18.9 Å². The minimum atomic E-state index is -5.21. The standard InChI is InChI=1S/C18H15F3N4O3/c1-10(22)15-23-12-8-5-9-13(28-17(27)18(19,20)21)14(12)16(26)25(15)24-11-6-3-2-4-7-11/h2-10,24H,22H2,1H3/t10-/m0/s1. The SMILES string of the molecule is C[C@H](N)c1nc2cccc(OC(=O)C(F)(F)F)c2c(=O)n1Nc1ccccc1. The molecule has 2 aromatic carbocycles. The summed E-state index contributed by atoms with van der Waals surface area (Å²) in [6.07, 6.45) is -5.21. The number of aromatic nitrogens is 2. The van der Waals surface area contributed by atoms with Crippen molar-refractivity contribution in [2.45, 2.75) is 19.1 Å². The summed E-state index contributed by atoms with van der Waals surface area (Å²) in [5.41, 5.74) is 8.55. The number of hydrogen-bond donors (Lipinski definition) is 2. The number of para-hydroxylation sites is 1. The van der Waals surface area contributed by atoms with Crippen LogP contribution in [0.2, 0.25) is 0 Å². The summed E-state index contributed by atoms with van der Waals surface area (Å²) >= 11 is 0. The molecule has 28 heavy (non-hydrogen) atoms. The number of carbonyl (C=O) groups is 1. The first kappa shape index (κ1) is 19.4. The van der Waals surface area contributed by atoms with Crippen LogP contribution in [0.15, 0.2) is 53.3 Å². The highest BCUT2D eigenvalue weighted by atomic mass is 19.4. The van der Waals surface area contributed by atoms with Gasteiger partial charge in [-0.2, -0.15) is 13.2 Å². The third-order valence-corrected chi connectivity index (χ3v) is 3.74. The molecule has 0 spiro atoms. The van der Waals surface area contributed by atoms with Gasteiger partial charge in [0.1, 0.15) is 17.0 Å². The van der Waals surface area contributed by atoms with Gasteiger partial charge in [0, 0.05) is 0 Å². The van der Waals surface area contributed by atoms with E-state index >= 15 is 0 Å². The molecular formula is C18H15F3N4O3. The van der Waals surface area contributed by atoms with Gasteiger partial charge >= 0.3 is 12.1 Å². The number of fused-ring (bicyclic) bond motifs is 1. The van der Waals surface area contributed by atoms with Crippen molar-refractivity contribution in [2.24, 2.45) is 5.73 Å². The van der Waals surface area contributed by atoms with Gasteiger partial charge in [-0.3, -0.25) is 10.2 Å². The zero-order valence-corrected chi connectivity index (χ0v) is 14.5. The Morgan fingerprint density at radius 3 is 2.46 bits per heavy atom. The van der Waals surface area contributed by atoms with Gasteiger partial charge in [0.25, 0.3) is 5.56 Å². The lowest BCUT2D eigenvalue weighted by molar-refractivity contribution is -0.189. The van der Waals surface area contributed by atoms with Crippen molar-refractivity contribution in [3.05, 3.63) is 64.7 Å². The molecule has 0 aliphatic rings. The van der Waals surface area contributed by atoms with E-state index in [4.69, 9.17) is 5.73 Å². The number of carbonyl (C=O) groups excluding carboxylic acids is 1. The topological polar surface area (TPSA) is 99.2 Å². The second-order valence-electron chi connectivity index (χ2n) is 5.91. The molecule has 1 heterocycles. The highest BCUT2D eigenvalue weighted by molar-refractivity contribution is 5.88. The van der Waals surface area contributed by atoms with Crippen LogP contribution in [0, 0.1) is 0 Å². The molecule has 3 aromatic rings. The quantitative estimate of drug-likeness (QED) is 0.523. The van der Waals surface area contributed by atoms with Crippen molar-refractivity contribution in [3.63, 3.8) is 0 Å². The summed E-state index contributed by atoms with van der Waals surface area (Å²) in [6, 6.07) is 11.7. The summed E-state index contributed by atoms with van der Waals surface area (Å²) in [6.45, 7) is 1.60. The second-order valence-corrected chi connectivity index (χ2v) is 5.91. The van der Waals surface area contributed by atoms with Gasteiger partial charge in [-0.1, -0.05) is 24.3 Å². The number of halogens is 3. The van der Waals surface area contributed by atoms with Crippen LogP contribution in [0.5, 0.6) is 5.75 Å². The summed E-state index contributed by atoms with van der Waals surface area (Å²) in [4.78, 5) is 28.5. The summed E-state index contributed by atoms with van der Waals surface area (Å²) in [5, 5.41) is -0.284. The molecule has 3 rings (SSSR count). The van der Waals surface area contributed by atoms with E-state index in [-0.39, 0.29) is 16.7 Å². The predicted octanol–water partition coefficient (Wildman–Crippen LogP) is 2.76. The molecule has 0 radical (unpaired) electrons. The van der Waals surface area contributed by atoms with Crippen molar-refractivity contribution in [1.82, 2.24) is 9.66 Å². The lowest BCUT2D eigenvalue weighted by Gasteiger charge is -2.18. The summed E-state index contributed by atoms with van der Waals surface area (Å²) < 4.78 is 43.1. The molecule has 1 atom stereocenters. The molecule has 0 fully saturated rings. The molecule has 0 saturated carbocycles. The van der Waals surface area contributed by atoms with Crippen LogP contribution in [0.3, 0.4) is 0 Å². The predicted molar refractivity (Wildman–Crippen MR) is 95.8 cm³/mol. The largest absolute Gasteiger partial charge is 0.491 e. The normalized spacial score (nSPS) is 12.6. The van der Waals surface area contributed by atoms with Gasteiger partial charge in [0.05, 0.1) is 17.2 Å². The van der Waals surface area contributed by atoms with Gasteiger partial charge in [-0.15, -0.1) is 0 Å². The fourth-order valence-electron chi connectivity index (χ4n) is 2.51. The third-order valence-electron chi connectivity index (χ3n) is 3.74. The minimum Gasteiger partial charge on any atom is -0.419 e. The monoisotopic (exact) mass is 392 g/mol. The van der Waals surface area contributed by atoms with Crippen molar-refractivity contribution in [1.29, 1.82) is 0 Å². The van der Waals surface area contributed by atoms with E-state index in [0.717, 1.165) is 10.7 Å². The molecule has 146 valence electrons. The van der Waals surface area contributed by atoms with E-state index in [0.29, 0.717) is 5.69 Å². The number of nitrogens with zero attached hydrogens (tertiary/aromatic N) is 2. The average molecular weight is 392 g/mol. The number of hydrogen-bond acceptors (Lipinski definition) is 6. The van der Waals surface area contributed by atoms with E-state index in [1.165, 1.54) is 12.1 Å². The van der Waals surface area contributed by atoms with Gasteiger partial charge in [-0.05, 0) is 31.2 Å². The average Bonchev–Trinajstić information content (AvgIpc) is 2.63. The van der Waals surface area contributed by atoms with Gasteiger partial charge in [0.2, 0.25) is 0 Å². The van der Waals surface area contributed by atoms with Crippen LogP contribution in [-0.2, 0) is 4.79 Å². The van der Waals surface area contributed by atoms with Gasteiger partial charge in [-0.25, -0.2) is 14.5 Å². The van der Waals surface area contributed by atoms with Crippen LogP contribution >= 0.6 is 0 Å². The molecule has 7 nitrogen and oxygen atoms in total. The van der Waals surface area contributed by atoms with Crippen LogP contribution in [0.25, 0.3) is 10.9 Å². The van der Waals surface area contributed by atoms with Crippen LogP contribution in [-0.4, -0.2) is 21.8 Å². The maximum Gasteiger partial charge on any atom is 0.491 e. The first-order chi connectivity index (χ1) is 13.2. The Kier molecular flexibility index (Phi) is 5.06. The lowest BCUT2D eigenvalue weighted by Crippen LogP contribution is -2.34. The molecular weight excluding hydrogens is 377 g/mol. The minimum absolute atomic E-state index is 0.0517. The van der Waals surface area contributed by atoms with E-state index < -0.39 is 29.5 Å². The molecule has 0 aliphatic heterocycles. The number of benzene rings is 2. The summed E-state index contributed by atoms with van der Waals surface area (Å²) in [7, 11) is 0. The first-order valence-electron chi connectivity index (χ1n) is 8.11. The van der Waals surface area contributed by atoms with Gasteiger partial charge < -0.3 is 10.5 Å². The second kappa shape index (κ2) is 7.31. The van der Waals surface area contributed by atoms with Crippen molar-refractivity contribution >= 4 is 22.6 Å². The fourth-order valence-corrected chi connectivity index (χ4v) is 2.51. The van der Waals surface area contributed by atoms with Gasteiger partial charge in [0.15, 0.2) is 0 Å². The molecule has 3 N–H and O–H groups in total. The number of nitrogens with two attached hydrogens (primary N) is 1. The third kappa shape index (κ3) is 3.81. The Balaban J connectivity index is 2.20. The van der Waals surface area contributed by atoms with Crippen molar-refractivity contribution in [3.8, 4) is 5.75 Å². The maximum atomic E-state index is 13.0. The molecule has 0 aliphatic carbocycles. The zero-order valence-electron chi connectivity index (χ0n) is 14.5. The first-order valence-corrected chi connectivity index (χ1v) is 8.11. The number of alkyl halides is 3. The zero-order chi connectivity index (χ0) is 20.5. The number of esters is 1. The number of nitrogens with one attached hydrogen (secondary N) is 1. The van der Waals surface area contributed by atoms with E-state index in [9.17, 15) is 22.8 Å². The van der Waals surface area contributed by atoms with Crippen LogP contribution < -0.4 is 21.5 Å². The lowest BCUT2D eigenvalue weighted by atomic mass is 10.2. The Bertz CT molecular complexity index is 1080. The van der Waals surface area contributed by atoms with E-state index in [1.807, 2.05) is 0 Å². The molecule has 10 heteroatoms. The highest BCUT2D eigenvalue weighted by Gasteiger charge is 2.41. The summed E-state index contributed by atoms with van der Waals surface area (Å²) in [5.74, 6) is -2.82. The molecule has 0 bridgehead atoms. The molecule has 0 amide bonds. The smallest absolute Gasteiger partial charge is 0.419 e. The number of rotatable bonds is 4. The number of ether oxygens (including phenoxy) is 1.